The fourth-order valence-corrected chi connectivity index (χ4v) is 4.54. The van der Waals surface area contributed by atoms with Crippen LogP contribution in [-0.2, 0) is 9.53 Å². The quantitative estimate of drug-likeness (QED) is 0.662. The molecule has 2 fully saturated rings. The minimum absolute atomic E-state index is 0.0212. The van der Waals surface area contributed by atoms with Crippen molar-refractivity contribution in [1.82, 2.24) is 20.2 Å². The number of aromatic nitrogens is 2. The summed E-state index contributed by atoms with van der Waals surface area (Å²) in [6.45, 7) is 0.657. The van der Waals surface area contributed by atoms with E-state index in [2.05, 4.69) is 15.3 Å². The number of oxazole rings is 1. The highest BCUT2D eigenvalue weighted by Crippen LogP contribution is 2.27. The van der Waals surface area contributed by atoms with Gasteiger partial charge in [-0.15, -0.1) is 0 Å². The summed E-state index contributed by atoms with van der Waals surface area (Å²) in [5, 5.41) is 3.10. The van der Waals surface area contributed by atoms with E-state index in [1.807, 2.05) is 25.2 Å². The van der Waals surface area contributed by atoms with Crippen LogP contribution in [0.15, 0.2) is 47.0 Å². The van der Waals surface area contributed by atoms with Gasteiger partial charge in [0.2, 0.25) is 11.8 Å². The lowest BCUT2D eigenvalue weighted by molar-refractivity contribution is -0.130. The summed E-state index contributed by atoms with van der Waals surface area (Å²) < 4.78 is 11.2. The van der Waals surface area contributed by atoms with Gasteiger partial charge in [0.1, 0.15) is 6.10 Å². The molecular formula is C24H26N4O4. The summed E-state index contributed by atoms with van der Waals surface area (Å²) in [7, 11) is 1.83. The van der Waals surface area contributed by atoms with Crippen molar-refractivity contribution in [1.29, 1.82) is 0 Å². The van der Waals surface area contributed by atoms with E-state index in [9.17, 15) is 9.59 Å². The Bertz CT molecular complexity index is 1090. The second-order valence-corrected chi connectivity index (χ2v) is 8.51. The second kappa shape index (κ2) is 8.70. The summed E-state index contributed by atoms with van der Waals surface area (Å²) >= 11 is 0. The predicted molar refractivity (Wildman–Crippen MR) is 118 cm³/mol. The number of rotatable bonds is 5. The first-order valence-electron chi connectivity index (χ1n) is 11.1. The molecule has 5 rings (SSSR count). The van der Waals surface area contributed by atoms with Crippen LogP contribution in [0, 0.1) is 0 Å². The van der Waals surface area contributed by atoms with E-state index in [0.29, 0.717) is 29.3 Å². The van der Waals surface area contributed by atoms with Gasteiger partial charge in [0.25, 0.3) is 5.91 Å². The fraction of sp³-hybridized carbons (Fsp3) is 0.417. The molecule has 0 unspecified atom stereocenters. The van der Waals surface area contributed by atoms with Crippen LogP contribution < -0.4 is 5.32 Å². The number of nitrogens with zero attached hydrogens (tertiary/aromatic N) is 3. The smallest absolute Gasteiger partial charge is 0.253 e. The Hall–Kier alpha value is -3.26. The Kier molecular flexibility index (Phi) is 5.61. The van der Waals surface area contributed by atoms with Gasteiger partial charge in [-0.2, -0.15) is 4.98 Å². The van der Waals surface area contributed by atoms with Crippen LogP contribution in [0.2, 0.25) is 0 Å². The zero-order valence-electron chi connectivity index (χ0n) is 18.0. The van der Waals surface area contributed by atoms with E-state index in [4.69, 9.17) is 9.15 Å². The van der Waals surface area contributed by atoms with Crippen molar-refractivity contribution in [2.75, 3.05) is 13.7 Å². The highest BCUT2D eigenvalue weighted by atomic mass is 16.5. The first kappa shape index (κ1) is 20.6. The molecule has 32 heavy (non-hydrogen) atoms. The Labute approximate surface area is 186 Å². The van der Waals surface area contributed by atoms with Gasteiger partial charge in [0.05, 0.1) is 0 Å². The minimum atomic E-state index is -0.316. The lowest BCUT2D eigenvalue weighted by Crippen LogP contribution is -2.41. The first-order valence-corrected chi connectivity index (χ1v) is 11.1. The van der Waals surface area contributed by atoms with E-state index >= 15 is 0 Å². The molecule has 3 atom stereocenters. The van der Waals surface area contributed by atoms with Crippen LogP contribution in [0.5, 0.6) is 0 Å². The van der Waals surface area contributed by atoms with Crippen LogP contribution >= 0.6 is 0 Å². The molecule has 8 nitrogen and oxygen atoms in total. The standard InChI is InChI=1S/C24H26N4O4/c1-28(18-11-10-17(14-18)26-22(29)20-5-3-13-31-20)24(30)16-8-6-15(7-9-16)23-27-21-19(32-23)4-2-12-25-21/h2,4,6-9,12,17-18,20H,3,5,10-11,13-14H2,1H3,(H,26,29)/t17-,18+,20-/m0/s1. The average Bonchev–Trinajstić information content (AvgIpc) is 3.58. The summed E-state index contributed by atoms with van der Waals surface area (Å²) in [4.78, 5) is 35.7. The zero-order valence-corrected chi connectivity index (χ0v) is 18.0. The molecular weight excluding hydrogens is 408 g/mol. The number of benzene rings is 1. The topological polar surface area (TPSA) is 97.6 Å². The molecule has 3 heterocycles. The Morgan fingerprint density at radius 3 is 2.72 bits per heavy atom. The number of carbonyl (C=O) groups excluding carboxylic acids is 2. The van der Waals surface area contributed by atoms with Gasteiger partial charge >= 0.3 is 0 Å². The van der Waals surface area contributed by atoms with E-state index in [-0.39, 0.29) is 30.0 Å². The monoisotopic (exact) mass is 434 g/mol. The Morgan fingerprint density at radius 1 is 1.12 bits per heavy atom. The maximum Gasteiger partial charge on any atom is 0.253 e. The summed E-state index contributed by atoms with van der Waals surface area (Å²) in [5.74, 6) is 0.422. The highest BCUT2D eigenvalue weighted by molar-refractivity contribution is 5.94. The van der Waals surface area contributed by atoms with Crippen molar-refractivity contribution in [3.63, 3.8) is 0 Å². The molecule has 1 saturated carbocycles. The van der Waals surface area contributed by atoms with E-state index in [1.165, 1.54) is 0 Å². The van der Waals surface area contributed by atoms with Crippen molar-refractivity contribution in [3.8, 4) is 11.5 Å². The molecule has 1 aliphatic heterocycles. The highest BCUT2D eigenvalue weighted by Gasteiger charge is 2.33. The molecule has 2 aliphatic rings. The van der Waals surface area contributed by atoms with Crippen molar-refractivity contribution >= 4 is 23.0 Å². The van der Waals surface area contributed by atoms with Crippen LogP contribution in [0.25, 0.3) is 22.7 Å². The van der Waals surface area contributed by atoms with E-state index in [0.717, 1.165) is 37.7 Å². The number of amides is 2. The maximum absolute atomic E-state index is 13.0. The number of hydrogen-bond acceptors (Lipinski definition) is 6. The van der Waals surface area contributed by atoms with Gasteiger partial charge in [-0.25, -0.2) is 4.98 Å². The largest absolute Gasteiger partial charge is 0.434 e. The predicted octanol–water partition coefficient (Wildman–Crippen LogP) is 3.18. The molecule has 1 aliphatic carbocycles. The lowest BCUT2D eigenvalue weighted by atomic mass is 10.1. The summed E-state index contributed by atoms with van der Waals surface area (Å²) in [5.41, 5.74) is 2.59. The molecule has 2 aromatic heterocycles. The fourth-order valence-electron chi connectivity index (χ4n) is 4.54. The first-order chi connectivity index (χ1) is 15.6. The number of pyridine rings is 1. The second-order valence-electron chi connectivity index (χ2n) is 8.51. The van der Waals surface area contributed by atoms with Gasteiger partial charge < -0.3 is 19.4 Å². The minimum Gasteiger partial charge on any atom is -0.434 e. The number of nitrogens with one attached hydrogen (secondary N) is 1. The van der Waals surface area contributed by atoms with Crippen LogP contribution in [0.3, 0.4) is 0 Å². The Morgan fingerprint density at radius 2 is 1.97 bits per heavy atom. The van der Waals surface area contributed by atoms with Gasteiger partial charge in [-0.1, -0.05) is 0 Å². The van der Waals surface area contributed by atoms with Gasteiger partial charge in [0.15, 0.2) is 11.2 Å². The van der Waals surface area contributed by atoms with E-state index in [1.54, 1.807) is 29.3 Å². The molecule has 1 saturated heterocycles. The summed E-state index contributed by atoms with van der Waals surface area (Å²) in [6.07, 6.45) is 5.57. The van der Waals surface area contributed by atoms with Crippen molar-refractivity contribution in [3.05, 3.63) is 48.2 Å². The van der Waals surface area contributed by atoms with Crippen molar-refractivity contribution < 1.29 is 18.7 Å². The third-order valence-corrected chi connectivity index (χ3v) is 6.39. The molecule has 3 aromatic rings. The molecule has 0 radical (unpaired) electrons. The molecule has 1 aromatic carbocycles. The van der Waals surface area contributed by atoms with Gasteiger partial charge in [-0.3, -0.25) is 9.59 Å². The molecule has 1 N–H and O–H groups in total. The summed E-state index contributed by atoms with van der Waals surface area (Å²) in [6, 6.07) is 11.1. The molecule has 166 valence electrons. The average molecular weight is 434 g/mol. The normalized spacial score (nSPS) is 22.8. The molecule has 2 amide bonds. The Balaban J connectivity index is 1.20. The van der Waals surface area contributed by atoms with Crippen LogP contribution in [0.1, 0.15) is 42.5 Å². The van der Waals surface area contributed by atoms with Crippen molar-refractivity contribution in [2.24, 2.45) is 0 Å². The van der Waals surface area contributed by atoms with Gasteiger partial charge in [-0.05, 0) is 68.5 Å². The molecule has 0 spiro atoms. The van der Waals surface area contributed by atoms with Crippen LogP contribution in [-0.4, -0.2) is 58.5 Å². The molecule has 0 bridgehead atoms. The maximum atomic E-state index is 13.0. The zero-order chi connectivity index (χ0) is 22.1. The number of carbonyl (C=O) groups is 2. The SMILES string of the molecule is CN(C(=O)c1ccc(-c2nc3ncccc3o2)cc1)[C@@H]1CC[C@H](NC(=O)[C@@H]2CCCO2)C1. The third-order valence-electron chi connectivity index (χ3n) is 6.39. The van der Waals surface area contributed by atoms with Crippen molar-refractivity contribution in [2.45, 2.75) is 50.3 Å². The molecule has 8 heteroatoms. The third kappa shape index (κ3) is 4.10. The number of hydrogen-bond donors (Lipinski definition) is 1. The van der Waals surface area contributed by atoms with Gasteiger partial charge in [0, 0.05) is 43.1 Å². The lowest BCUT2D eigenvalue weighted by Gasteiger charge is -2.25. The number of ether oxygens (including phenoxy) is 1. The van der Waals surface area contributed by atoms with E-state index < -0.39 is 0 Å². The van der Waals surface area contributed by atoms with Crippen LogP contribution in [0.4, 0.5) is 0 Å². The number of fused-ring (bicyclic) bond motifs is 1.